The quantitative estimate of drug-likeness (QED) is 0.492. The van der Waals surface area contributed by atoms with Gasteiger partial charge in [-0.2, -0.15) is 0 Å². The van der Waals surface area contributed by atoms with E-state index in [4.69, 9.17) is 5.11 Å². The van der Waals surface area contributed by atoms with Crippen LogP contribution in [-0.4, -0.2) is 36.9 Å². The van der Waals surface area contributed by atoms with Crippen LogP contribution in [0, 0.1) is 0 Å². The second-order valence-corrected chi connectivity index (χ2v) is 3.65. The molecule has 0 aromatic rings. The summed E-state index contributed by atoms with van der Waals surface area (Å²) in [5.41, 5.74) is 0. The fraction of sp³-hybridized carbons (Fsp3) is 1.00. The van der Waals surface area contributed by atoms with E-state index in [0.717, 1.165) is 32.5 Å². The first-order chi connectivity index (χ1) is 6.16. The van der Waals surface area contributed by atoms with Crippen LogP contribution in [-0.2, 0) is 0 Å². The Labute approximate surface area is 81.9 Å². The molecule has 0 aliphatic heterocycles. The zero-order valence-electron chi connectivity index (χ0n) is 9.14. The van der Waals surface area contributed by atoms with Crippen LogP contribution in [0.5, 0.6) is 0 Å². The van der Waals surface area contributed by atoms with Gasteiger partial charge < -0.3 is 15.7 Å². The number of aliphatic hydroxyl groups is 1. The SMILES string of the molecule is CCNCC(C)NCCCC(C)O. The molecule has 0 radical (unpaired) electrons. The summed E-state index contributed by atoms with van der Waals surface area (Å²) in [6, 6.07) is 0.522. The van der Waals surface area contributed by atoms with E-state index in [1.165, 1.54) is 0 Å². The summed E-state index contributed by atoms with van der Waals surface area (Å²) in [5, 5.41) is 15.7. The van der Waals surface area contributed by atoms with E-state index >= 15 is 0 Å². The van der Waals surface area contributed by atoms with E-state index in [2.05, 4.69) is 24.5 Å². The van der Waals surface area contributed by atoms with Crippen molar-refractivity contribution in [1.29, 1.82) is 0 Å². The average molecular weight is 188 g/mol. The second-order valence-electron chi connectivity index (χ2n) is 3.65. The Morgan fingerprint density at radius 3 is 2.54 bits per heavy atom. The lowest BCUT2D eigenvalue weighted by Crippen LogP contribution is -2.36. The predicted molar refractivity (Wildman–Crippen MR) is 56.9 cm³/mol. The molecule has 3 heteroatoms. The molecule has 0 aliphatic carbocycles. The molecule has 0 fully saturated rings. The second kappa shape index (κ2) is 8.48. The van der Waals surface area contributed by atoms with Crippen LogP contribution in [0.4, 0.5) is 0 Å². The molecular formula is C10H24N2O. The molecule has 2 unspecified atom stereocenters. The van der Waals surface area contributed by atoms with E-state index < -0.39 is 0 Å². The Balaban J connectivity index is 3.12. The van der Waals surface area contributed by atoms with Gasteiger partial charge in [0.25, 0.3) is 0 Å². The maximum absolute atomic E-state index is 9.02. The monoisotopic (exact) mass is 188 g/mol. The topological polar surface area (TPSA) is 44.3 Å². The molecule has 3 nitrogen and oxygen atoms in total. The third-order valence-electron chi connectivity index (χ3n) is 1.99. The third kappa shape index (κ3) is 9.80. The first-order valence-electron chi connectivity index (χ1n) is 5.29. The average Bonchev–Trinajstić information content (AvgIpc) is 2.08. The van der Waals surface area contributed by atoms with Crippen molar-refractivity contribution in [3.8, 4) is 0 Å². The molecule has 0 aromatic carbocycles. The van der Waals surface area contributed by atoms with Crippen molar-refractivity contribution in [2.75, 3.05) is 19.6 Å². The lowest BCUT2D eigenvalue weighted by molar-refractivity contribution is 0.181. The molecule has 0 amide bonds. The smallest absolute Gasteiger partial charge is 0.0512 e. The van der Waals surface area contributed by atoms with Crippen LogP contribution >= 0.6 is 0 Å². The van der Waals surface area contributed by atoms with Crippen LogP contribution in [0.2, 0.25) is 0 Å². The molecule has 2 atom stereocenters. The maximum atomic E-state index is 9.02. The highest BCUT2D eigenvalue weighted by atomic mass is 16.3. The van der Waals surface area contributed by atoms with E-state index in [0.29, 0.717) is 6.04 Å². The van der Waals surface area contributed by atoms with Gasteiger partial charge in [-0.25, -0.2) is 0 Å². The maximum Gasteiger partial charge on any atom is 0.0512 e. The lowest BCUT2D eigenvalue weighted by Gasteiger charge is -2.14. The van der Waals surface area contributed by atoms with Crippen LogP contribution in [0.15, 0.2) is 0 Å². The highest BCUT2D eigenvalue weighted by Gasteiger charge is 1.99. The fourth-order valence-corrected chi connectivity index (χ4v) is 1.18. The summed E-state index contributed by atoms with van der Waals surface area (Å²) in [6.07, 6.45) is 1.78. The Morgan fingerprint density at radius 1 is 1.31 bits per heavy atom. The number of hydrogen-bond acceptors (Lipinski definition) is 3. The predicted octanol–water partition coefficient (Wildman–Crippen LogP) is 0.735. The summed E-state index contributed by atoms with van der Waals surface area (Å²) in [7, 11) is 0. The zero-order chi connectivity index (χ0) is 10.1. The van der Waals surface area contributed by atoms with E-state index in [1.807, 2.05) is 6.92 Å². The lowest BCUT2D eigenvalue weighted by atomic mass is 10.2. The first-order valence-corrected chi connectivity index (χ1v) is 5.29. The standard InChI is InChI=1S/C10H24N2O/c1-4-11-8-9(2)12-7-5-6-10(3)13/h9-13H,4-8H2,1-3H3. The Bertz CT molecular complexity index is 107. The molecule has 0 aromatic heterocycles. The van der Waals surface area contributed by atoms with E-state index in [1.54, 1.807) is 0 Å². The number of hydrogen-bond donors (Lipinski definition) is 3. The van der Waals surface area contributed by atoms with E-state index in [9.17, 15) is 0 Å². The van der Waals surface area contributed by atoms with Crippen molar-refractivity contribution in [3.63, 3.8) is 0 Å². The molecule has 0 saturated heterocycles. The van der Waals surface area contributed by atoms with Crippen molar-refractivity contribution in [1.82, 2.24) is 10.6 Å². The number of rotatable bonds is 8. The molecule has 80 valence electrons. The van der Waals surface area contributed by atoms with Gasteiger partial charge in [0.1, 0.15) is 0 Å². The Hall–Kier alpha value is -0.120. The van der Waals surface area contributed by atoms with Crippen molar-refractivity contribution in [2.24, 2.45) is 0 Å². The summed E-state index contributed by atoms with van der Waals surface area (Å²) in [6.45, 7) is 9.16. The first kappa shape index (κ1) is 12.9. The normalized spacial score (nSPS) is 15.7. The van der Waals surface area contributed by atoms with Gasteiger partial charge in [0, 0.05) is 12.6 Å². The molecule has 0 bridgehead atoms. The minimum atomic E-state index is -0.161. The van der Waals surface area contributed by atoms with Gasteiger partial charge in [0.15, 0.2) is 0 Å². The number of aliphatic hydroxyl groups excluding tert-OH is 1. The zero-order valence-corrected chi connectivity index (χ0v) is 9.14. The van der Waals surface area contributed by atoms with Gasteiger partial charge in [0.05, 0.1) is 6.10 Å². The van der Waals surface area contributed by atoms with Crippen molar-refractivity contribution < 1.29 is 5.11 Å². The van der Waals surface area contributed by atoms with Gasteiger partial charge in [-0.3, -0.25) is 0 Å². The highest BCUT2D eigenvalue weighted by molar-refractivity contribution is 4.63. The largest absolute Gasteiger partial charge is 0.393 e. The molecule has 0 aliphatic rings. The molecule has 3 N–H and O–H groups in total. The summed E-state index contributed by atoms with van der Waals surface area (Å²) in [4.78, 5) is 0. The van der Waals surface area contributed by atoms with Gasteiger partial charge in [-0.15, -0.1) is 0 Å². The molecule has 0 heterocycles. The van der Waals surface area contributed by atoms with Crippen LogP contribution < -0.4 is 10.6 Å². The molecule has 13 heavy (non-hydrogen) atoms. The molecule has 0 rings (SSSR count). The molecule has 0 saturated carbocycles. The van der Waals surface area contributed by atoms with Crippen LogP contribution in [0.25, 0.3) is 0 Å². The highest BCUT2D eigenvalue weighted by Crippen LogP contribution is 1.93. The van der Waals surface area contributed by atoms with Gasteiger partial charge in [-0.05, 0) is 39.8 Å². The minimum absolute atomic E-state index is 0.161. The van der Waals surface area contributed by atoms with Crippen molar-refractivity contribution in [3.05, 3.63) is 0 Å². The summed E-state index contributed by atoms with van der Waals surface area (Å²) in [5.74, 6) is 0. The van der Waals surface area contributed by atoms with Gasteiger partial charge in [-0.1, -0.05) is 6.92 Å². The van der Waals surface area contributed by atoms with Crippen molar-refractivity contribution >= 4 is 0 Å². The minimum Gasteiger partial charge on any atom is -0.393 e. The Morgan fingerprint density at radius 2 is 2.00 bits per heavy atom. The van der Waals surface area contributed by atoms with Gasteiger partial charge >= 0.3 is 0 Å². The number of likely N-dealkylation sites (N-methyl/N-ethyl adjacent to an activating group) is 1. The summed E-state index contributed by atoms with van der Waals surface area (Å²) < 4.78 is 0. The molecule has 0 spiro atoms. The molecular weight excluding hydrogens is 164 g/mol. The van der Waals surface area contributed by atoms with E-state index in [-0.39, 0.29) is 6.10 Å². The van der Waals surface area contributed by atoms with Crippen LogP contribution in [0.3, 0.4) is 0 Å². The third-order valence-corrected chi connectivity index (χ3v) is 1.99. The fourth-order valence-electron chi connectivity index (χ4n) is 1.18. The summed E-state index contributed by atoms with van der Waals surface area (Å²) >= 11 is 0. The van der Waals surface area contributed by atoms with Gasteiger partial charge in [0.2, 0.25) is 0 Å². The Kier molecular flexibility index (Phi) is 8.40. The van der Waals surface area contributed by atoms with Crippen molar-refractivity contribution in [2.45, 2.75) is 45.8 Å². The van der Waals surface area contributed by atoms with Crippen LogP contribution in [0.1, 0.15) is 33.6 Å². The number of nitrogens with one attached hydrogen (secondary N) is 2.